The van der Waals surface area contributed by atoms with Crippen molar-refractivity contribution in [3.05, 3.63) is 69.5 Å². The summed E-state index contributed by atoms with van der Waals surface area (Å²) in [6.07, 6.45) is 0. The zero-order valence-corrected chi connectivity index (χ0v) is 16.0. The van der Waals surface area contributed by atoms with Crippen molar-refractivity contribution in [1.82, 2.24) is 14.5 Å². The van der Waals surface area contributed by atoms with E-state index in [0.29, 0.717) is 27.6 Å². The average molecular weight is 388 g/mol. The van der Waals surface area contributed by atoms with Crippen molar-refractivity contribution in [1.29, 1.82) is 0 Å². The highest BCUT2D eigenvalue weighted by atomic mass is 35.5. The summed E-state index contributed by atoms with van der Waals surface area (Å²) in [6.45, 7) is 0.476. The van der Waals surface area contributed by atoms with E-state index in [2.05, 4.69) is 4.98 Å². The number of amides is 1. The second-order valence-electron chi connectivity index (χ2n) is 5.94. The fourth-order valence-corrected chi connectivity index (χ4v) is 3.69. The Bertz CT molecular complexity index is 1020. The molecular formula is C19H18ClN3O2S. The van der Waals surface area contributed by atoms with Gasteiger partial charge in [-0.3, -0.25) is 14.2 Å². The van der Waals surface area contributed by atoms with Crippen LogP contribution >= 0.6 is 23.4 Å². The van der Waals surface area contributed by atoms with Crippen LogP contribution in [-0.4, -0.2) is 33.2 Å². The van der Waals surface area contributed by atoms with E-state index < -0.39 is 0 Å². The number of para-hydroxylation sites is 1. The van der Waals surface area contributed by atoms with Crippen LogP contribution in [-0.2, 0) is 18.4 Å². The first-order chi connectivity index (χ1) is 12.5. The molecule has 0 spiro atoms. The van der Waals surface area contributed by atoms with Crippen LogP contribution < -0.4 is 5.56 Å². The number of halogens is 1. The molecule has 1 heterocycles. The fourth-order valence-electron chi connectivity index (χ4n) is 2.56. The lowest BCUT2D eigenvalue weighted by Gasteiger charge is -2.17. The minimum atomic E-state index is -0.113. The number of aromatic nitrogens is 2. The van der Waals surface area contributed by atoms with Gasteiger partial charge in [0.05, 0.1) is 16.7 Å². The highest BCUT2D eigenvalue weighted by Crippen LogP contribution is 2.18. The molecular weight excluding hydrogens is 370 g/mol. The lowest BCUT2D eigenvalue weighted by molar-refractivity contribution is -0.127. The minimum absolute atomic E-state index is 0.0441. The van der Waals surface area contributed by atoms with Gasteiger partial charge in [0.2, 0.25) is 5.91 Å². The summed E-state index contributed by atoms with van der Waals surface area (Å²) < 4.78 is 1.48. The number of hydrogen-bond acceptors (Lipinski definition) is 4. The van der Waals surface area contributed by atoms with Crippen molar-refractivity contribution >= 4 is 40.2 Å². The van der Waals surface area contributed by atoms with Crippen LogP contribution in [0.3, 0.4) is 0 Å². The van der Waals surface area contributed by atoms with Gasteiger partial charge in [-0.05, 0) is 29.8 Å². The summed E-state index contributed by atoms with van der Waals surface area (Å²) in [5.41, 5.74) is 1.49. The normalized spacial score (nSPS) is 10.9. The molecule has 26 heavy (non-hydrogen) atoms. The van der Waals surface area contributed by atoms with Gasteiger partial charge in [-0.25, -0.2) is 4.98 Å². The van der Waals surface area contributed by atoms with Gasteiger partial charge in [0, 0.05) is 25.7 Å². The Balaban J connectivity index is 1.70. The lowest BCUT2D eigenvalue weighted by Crippen LogP contribution is -2.28. The monoisotopic (exact) mass is 387 g/mol. The molecule has 134 valence electrons. The molecule has 7 heteroatoms. The first-order valence-corrected chi connectivity index (χ1v) is 9.39. The quantitative estimate of drug-likeness (QED) is 0.497. The predicted molar refractivity (Wildman–Crippen MR) is 106 cm³/mol. The first kappa shape index (κ1) is 18.5. The van der Waals surface area contributed by atoms with Crippen molar-refractivity contribution in [3.8, 4) is 0 Å². The molecule has 2 aromatic carbocycles. The van der Waals surface area contributed by atoms with Crippen LogP contribution in [0.4, 0.5) is 0 Å². The van der Waals surface area contributed by atoms with Gasteiger partial charge in [-0.2, -0.15) is 0 Å². The highest BCUT2D eigenvalue weighted by molar-refractivity contribution is 7.99. The van der Waals surface area contributed by atoms with Crippen LogP contribution in [0.15, 0.2) is 58.5 Å². The molecule has 0 fully saturated rings. The number of rotatable bonds is 5. The average Bonchev–Trinajstić information content (AvgIpc) is 2.63. The third-order valence-electron chi connectivity index (χ3n) is 4.00. The number of carbonyl (C=O) groups excluding carboxylic acids is 1. The van der Waals surface area contributed by atoms with E-state index in [1.54, 1.807) is 37.2 Å². The Hall–Kier alpha value is -2.31. The van der Waals surface area contributed by atoms with E-state index in [-0.39, 0.29) is 17.2 Å². The molecule has 0 aliphatic carbocycles. The van der Waals surface area contributed by atoms with Gasteiger partial charge >= 0.3 is 0 Å². The van der Waals surface area contributed by atoms with Crippen molar-refractivity contribution in [2.24, 2.45) is 7.05 Å². The maximum Gasteiger partial charge on any atom is 0.261 e. The Labute approximate surface area is 160 Å². The van der Waals surface area contributed by atoms with Crippen LogP contribution in [0.2, 0.25) is 5.02 Å². The van der Waals surface area contributed by atoms with Gasteiger partial charge < -0.3 is 4.90 Å². The Morgan fingerprint density at radius 2 is 2.00 bits per heavy atom. The van der Waals surface area contributed by atoms with Gasteiger partial charge in [0.15, 0.2) is 5.16 Å². The Morgan fingerprint density at radius 3 is 2.77 bits per heavy atom. The molecule has 0 N–H and O–H groups in total. The van der Waals surface area contributed by atoms with Gasteiger partial charge in [-0.1, -0.05) is 47.6 Å². The predicted octanol–water partition coefficient (Wildman–Crippen LogP) is 3.34. The smallest absolute Gasteiger partial charge is 0.261 e. The SMILES string of the molecule is CN(Cc1cccc(Cl)c1)C(=O)CSc1nc2ccccc2c(=O)n1C. The molecule has 5 nitrogen and oxygen atoms in total. The first-order valence-electron chi connectivity index (χ1n) is 8.02. The van der Waals surface area contributed by atoms with Gasteiger partial charge in [0.1, 0.15) is 0 Å². The second-order valence-corrected chi connectivity index (χ2v) is 7.32. The van der Waals surface area contributed by atoms with Crippen LogP contribution in [0.5, 0.6) is 0 Å². The van der Waals surface area contributed by atoms with E-state index in [1.807, 2.05) is 30.3 Å². The van der Waals surface area contributed by atoms with E-state index in [0.717, 1.165) is 5.56 Å². The third kappa shape index (κ3) is 4.08. The summed E-state index contributed by atoms with van der Waals surface area (Å²) in [5, 5.41) is 1.75. The van der Waals surface area contributed by atoms with Gasteiger partial charge in [0.25, 0.3) is 5.56 Å². The zero-order valence-electron chi connectivity index (χ0n) is 14.5. The molecule has 0 atom stereocenters. The van der Waals surface area contributed by atoms with E-state index in [9.17, 15) is 9.59 Å². The van der Waals surface area contributed by atoms with Crippen molar-refractivity contribution in [3.63, 3.8) is 0 Å². The van der Waals surface area contributed by atoms with Crippen molar-refractivity contribution in [2.75, 3.05) is 12.8 Å². The molecule has 0 radical (unpaired) electrons. The number of fused-ring (bicyclic) bond motifs is 1. The van der Waals surface area contributed by atoms with Crippen molar-refractivity contribution < 1.29 is 4.79 Å². The standard InChI is InChI=1S/C19H18ClN3O2S/c1-22(11-13-6-5-7-14(20)10-13)17(24)12-26-19-21-16-9-4-3-8-15(16)18(25)23(19)2/h3-10H,11-12H2,1-2H3. The number of nitrogens with zero attached hydrogens (tertiary/aromatic N) is 3. The number of benzene rings is 2. The van der Waals surface area contributed by atoms with E-state index in [1.165, 1.54) is 16.3 Å². The topological polar surface area (TPSA) is 55.2 Å². The Morgan fingerprint density at radius 1 is 1.23 bits per heavy atom. The molecule has 0 unspecified atom stereocenters. The zero-order chi connectivity index (χ0) is 18.7. The van der Waals surface area contributed by atoms with Gasteiger partial charge in [-0.15, -0.1) is 0 Å². The second kappa shape index (κ2) is 7.93. The minimum Gasteiger partial charge on any atom is -0.341 e. The van der Waals surface area contributed by atoms with Crippen molar-refractivity contribution in [2.45, 2.75) is 11.7 Å². The lowest BCUT2D eigenvalue weighted by atomic mass is 10.2. The number of hydrogen-bond donors (Lipinski definition) is 0. The molecule has 3 aromatic rings. The molecule has 3 rings (SSSR count). The highest BCUT2D eigenvalue weighted by Gasteiger charge is 2.13. The summed E-state index contributed by atoms with van der Waals surface area (Å²) >= 11 is 7.24. The molecule has 1 aromatic heterocycles. The summed E-state index contributed by atoms with van der Waals surface area (Å²) in [5.74, 6) is 0.160. The molecule has 0 aliphatic rings. The third-order valence-corrected chi connectivity index (χ3v) is 5.25. The van der Waals surface area contributed by atoms with Crippen LogP contribution in [0, 0.1) is 0 Å². The maximum absolute atomic E-state index is 12.4. The molecule has 0 aliphatic heterocycles. The number of thioether (sulfide) groups is 1. The molecule has 0 bridgehead atoms. The summed E-state index contributed by atoms with van der Waals surface area (Å²) in [6, 6.07) is 14.6. The fraction of sp³-hybridized carbons (Fsp3) is 0.211. The van der Waals surface area contributed by atoms with Crippen LogP contribution in [0.25, 0.3) is 10.9 Å². The molecule has 0 saturated carbocycles. The van der Waals surface area contributed by atoms with E-state index >= 15 is 0 Å². The van der Waals surface area contributed by atoms with E-state index in [4.69, 9.17) is 11.6 Å². The van der Waals surface area contributed by atoms with Crippen LogP contribution in [0.1, 0.15) is 5.56 Å². The molecule has 0 saturated heterocycles. The largest absolute Gasteiger partial charge is 0.341 e. The number of carbonyl (C=O) groups is 1. The summed E-state index contributed by atoms with van der Waals surface area (Å²) in [7, 11) is 3.42. The maximum atomic E-state index is 12.4. The Kier molecular flexibility index (Phi) is 5.64. The molecule has 1 amide bonds. The summed E-state index contributed by atoms with van der Waals surface area (Å²) in [4.78, 5) is 31.0.